The first-order valence-corrected chi connectivity index (χ1v) is 14.3. The van der Waals surface area contributed by atoms with Crippen molar-refractivity contribution < 1.29 is 27.2 Å². The number of carbonyl (C=O) groups is 3. The van der Waals surface area contributed by atoms with Gasteiger partial charge in [-0.05, 0) is 62.7 Å². The lowest BCUT2D eigenvalue weighted by molar-refractivity contribution is -0.140. The molecular weight excluding hydrogens is 461 g/mol. The van der Waals surface area contributed by atoms with E-state index in [-0.39, 0.29) is 30.6 Å². The Labute approximate surface area is 201 Å². The number of alkyl halides is 1. The third kappa shape index (κ3) is 4.84. The number of nitrogens with zero attached hydrogens (tertiary/aromatic N) is 1. The number of rotatable bonds is 4. The summed E-state index contributed by atoms with van der Waals surface area (Å²) in [4.78, 5) is 41.2. The van der Waals surface area contributed by atoms with Gasteiger partial charge in [0.1, 0.15) is 23.0 Å². The molecule has 2 N–H and O–H groups in total. The van der Waals surface area contributed by atoms with Gasteiger partial charge in [-0.15, -0.1) is 0 Å². The summed E-state index contributed by atoms with van der Waals surface area (Å²) in [5.74, 6) is -0.666. The van der Waals surface area contributed by atoms with E-state index in [1.807, 2.05) is 0 Å². The molecule has 2 heterocycles. The maximum atomic E-state index is 13.4. The third-order valence-corrected chi connectivity index (χ3v) is 10.5. The van der Waals surface area contributed by atoms with Crippen LogP contribution in [-0.2, 0) is 24.4 Å². The van der Waals surface area contributed by atoms with E-state index in [9.17, 15) is 27.2 Å². The zero-order chi connectivity index (χ0) is 24.7. The molecule has 0 aromatic carbocycles. The van der Waals surface area contributed by atoms with E-state index >= 15 is 0 Å². The number of carbonyl (C=O) groups excluding carboxylic acids is 3. The summed E-state index contributed by atoms with van der Waals surface area (Å²) in [5.41, 5.74) is -1.31. The van der Waals surface area contributed by atoms with Crippen molar-refractivity contribution in [3.63, 3.8) is 0 Å². The Morgan fingerprint density at radius 3 is 2.50 bits per heavy atom. The van der Waals surface area contributed by atoms with Crippen LogP contribution in [0.25, 0.3) is 0 Å². The highest BCUT2D eigenvalue weighted by Crippen LogP contribution is 2.49. The Morgan fingerprint density at radius 1 is 1.12 bits per heavy atom. The molecule has 5 atom stereocenters. The van der Waals surface area contributed by atoms with Crippen molar-refractivity contribution in [3.05, 3.63) is 0 Å². The van der Waals surface area contributed by atoms with Crippen molar-refractivity contribution in [2.45, 2.75) is 101 Å². The first-order valence-electron chi connectivity index (χ1n) is 12.8. The number of nitrogens with one attached hydrogen (secondary N) is 2. The molecule has 0 bridgehead atoms. The molecule has 2 aliphatic carbocycles. The van der Waals surface area contributed by atoms with Gasteiger partial charge in [-0.2, -0.15) is 0 Å². The highest BCUT2D eigenvalue weighted by molar-refractivity contribution is 7.91. The van der Waals surface area contributed by atoms with Crippen LogP contribution in [0, 0.1) is 17.8 Å². The Bertz CT molecular complexity index is 937. The molecule has 4 fully saturated rings. The predicted molar refractivity (Wildman–Crippen MR) is 125 cm³/mol. The second-order valence-corrected chi connectivity index (χ2v) is 13.4. The quantitative estimate of drug-likeness (QED) is 0.617. The van der Waals surface area contributed by atoms with Crippen molar-refractivity contribution in [1.82, 2.24) is 14.9 Å². The fourth-order valence-corrected chi connectivity index (χ4v) is 7.35. The smallest absolute Gasteiger partial charge is 0.259 e. The molecule has 8 nitrogen and oxygen atoms in total. The summed E-state index contributed by atoms with van der Waals surface area (Å²) in [6.45, 7) is 3.75. The molecule has 0 aromatic heterocycles. The lowest BCUT2D eigenvalue weighted by atomic mass is 9.90. The van der Waals surface area contributed by atoms with E-state index in [0.29, 0.717) is 44.6 Å². The summed E-state index contributed by atoms with van der Waals surface area (Å²) in [5, 5.41) is 2.86. The summed E-state index contributed by atoms with van der Waals surface area (Å²) >= 11 is 0. The van der Waals surface area contributed by atoms with Crippen LogP contribution in [0.1, 0.15) is 84.5 Å². The molecule has 10 heteroatoms. The van der Waals surface area contributed by atoms with E-state index < -0.39 is 44.8 Å². The summed E-state index contributed by atoms with van der Waals surface area (Å²) in [7, 11) is -4.17. The molecule has 4 aliphatic rings. The van der Waals surface area contributed by atoms with Crippen molar-refractivity contribution >= 4 is 27.7 Å². The number of fused-ring (bicyclic) bond motifs is 2. The number of amides is 3. The number of hydrogen-bond acceptors (Lipinski definition) is 5. The highest BCUT2D eigenvalue weighted by Gasteiger charge is 2.64. The first-order chi connectivity index (χ1) is 16.0. The van der Waals surface area contributed by atoms with Crippen molar-refractivity contribution in [3.8, 4) is 0 Å². The Balaban J connectivity index is 1.54. The standard InChI is InChI=1S/C24H38FN3O5S/c1-16-6-3-4-7-18-14-24(18,22(31)27-34(32,33)23(15-25)9-10-23)26-21(30)19-8-5-11-28(19)20(29)13-17(2)12-16/h16-19H,3-15H2,1-2H3,(H,26,30)(H,27,31). The topological polar surface area (TPSA) is 113 Å². The predicted octanol–water partition coefficient (Wildman–Crippen LogP) is 2.43. The molecule has 34 heavy (non-hydrogen) atoms. The van der Waals surface area contributed by atoms with E-state index in [2.05, 4.69) is 23.9 Å². The molecule has 192 valence electrons. The second kappa shape index (κ2) is 9.39. The molecule has 0 radical (unpaired) electrons. The van der Waals surface area contributed by atoms with Gasteiger partial charge in [0, 0.05) is 13.0 Å². The number of sulfonamides is 1. The van der Waals surface area contributed by atoms with Crippen LogP contribution in [0.2, 0.25) is 0 Å². The van der Waals surface area contributed by atoms with E-state index in [1.54, 1.807) is 4.90 Å². The van der Waals surface area contributed by atoms with E-state index in [0.717, 1.165) is 25.7 Å². The Kier molecular flexibility index (Phi) is 7.01. The fraction of sp³-hybridized carbons (Fsp3) is 0.875. The Hall–Kier alpha value is -1.71. The van der Waals surface area contributed by atoms with Gasteiger partial charge in [-0.25, -0.2) is 12.8 Å². The lowest BCUT2D eigenvalue weighted by Crippen LogP contribution is -2.57. The molecule has 2 saturated heterocycles. The van der Waals surface area contributed by atoms with Gasteiger partial charge in [0.25, 0.3) is 5.91 Å². The molecule has 3 amide bonds. The van der Waals surface area contributed by atoms with Crippen LogP contribution in [0.15, 0.2) is 0 Å². The minimum Gasteiger partial charge on any atom is -0.340 e. The molecule has 0 aromatic rings. The monoisotopic (exact) mass is 499 g/mol. The minimum absolute atomic E-state index is 0.0423. The van der Waals surface area contributed by atoms with Gasteiger partial charge in [0.15, 0.2) is 0 Å². The third-order valence-electron chi connectivity index (χ3n) is 8.41. The highest BCUT2D eigenvalue weighted by atomic mass is 32.2. The zero-order valence-corrected chi connectivity index (χ0v) is 21.1. The molecule has 5 unspecified atom stereocenters. The molecule has 4 rings (SSSR count). The van der Waals surface area contributed by atoms with Crippen LogP contribution >= 0.6 is 0 Å². The minimum atomic E-state index is -4.17. The van der Waals surface area contributed by atoms with Gasteiger partial charge in [0.05, 0.1) is 0 Å². The zero-order valence-electron chi connectivity index (χ0n) is 20.3. The SMILES string of the molecule is CC1CCCCC2CC2(C(=O)NS(=O)(=O)C2(CF)CC2)NC(=O)C2CCCN2C(=O)CC(C)C1. The van der Waals surface area contributed by atoms with Crippen LogP contribution in [0.4, 0.5) is 4.39 Å². The maximum absolute atomic E-state index is 13.4. The number of hydrogen-bond donors (Lipinski definition) is 2. The Morgan fingerprint density at radius 2 is 1.82 bits per heavy atom. The normalized spacial score (nSPS) is 36.4. The first kappa shape index (κ1) is 25.4. The molecule has 2 aliphatic heterocycles. The van der Waals surface area contributed by atoms with Gasteiger partial charge >= 0.3 is 0 Å². The van der Waals surface area contributed by atoms with E-state index in [4.69, 9.17) is 0 Å². The molecule has 0 spiro atoms. The summed E-state index contributed by atoms with van der Waals surface area (Å²) in [6, 6.07) is -0.648. The van der Waals surface area contributed by atoms with Gasteiger partial charge < -0.3 is 10.2 Å². The van der Waals surface area contributed by atoms with E-state index in [1.165, 1.54) is 0 Å². The average molecular weight is 500 g/mol. The van der Waals surface area contributed by atoms with Gasteiger partial charge in [-0.3, -0.25) is 19.1 Å². The molecular formula is C24H38FN3O5S. The van der Waals surface area contributed by atoms with Gasteiger partial charge in [0.2, 0.25) is 21.8 Å². The summed E-state index contributed by atoms with van der Waals surface area (Å²) < 4.78 is 39.4. The van der Waals surface area contributed by atoms with Crippen LogP contribution in [0.5, 0.6) is 0 Å². The van der Waals surface area contributed by atoms with Crippen molar-refractivity contribution in [2.24, 2.45) is 17.8 Å². The number of halogens is 1. The second-order valence-electron chi connectivity index (χ2n) is 11.3. The lowest BCUT2D eigenvalue weighted by Gasteiger charge is -2.28. The fourth-order valence-electron chi connectivity index (χ4n) is 5.93. The van der Waals surface area contributed by atoms with Crippen LogP contribution < -0.4 is 10.0 Å². The summed E-state index contributed by atoms with van der Waals surface area (Å²) in [6.07, 6.45) is 6.90. The van der Waals surface area contributed by atoms with Crippen LogP contribution in [-0.4, -0.2) is 60.6 Å². The maximum Gasteiger partial charge on any atom is 0.259 e. The van der Waals surface area contributed by atoms with Crippen molar-refractivity contribution in [2.75, 3.05) is 13.2 Å². The van der Waals surface area contributed by atoms with Crippen LogP contribution in [0.3, 0.4) is 0 Å². The average Bonchev–Trinajstić information content (AvgIpc) is 3.65. The molecule has 2 saturated carbocycles. The largest absolute Gasteiger partial charge is 0.340 e. The van der Waals surface area contributed by atoms with Crippen molar-refractivity contribution in [1.29, 1.82) is 0 Å². The van der Waals surface area contributed by atoms with Gasteiger partial charge in [-0.1, -0.05) is 33.1 Å².